The highest BCUT2D eigenvalue weighted by atomic mass is 16.7. The average Bonchev–Trinajstić information content (AvgIpc) is 3.06. The highest BCUT2D eigenvalue weighted by Gasteiger charge is 2.35. The maximum Gasteiger partial charge on any atom is 0.137 e. The largest absolute Gasteiger partial charge is 0.293 e. The fourth-order valence-electron chi connectivity index (χ4n) is 1.20. The van der Waals surface area contributed by atoms with Gasteiger partial charge in [0, 0.05) is 0 Å². The van der Waals surface area contributed by atoms with Gasteiger partial charge in [-0.3, -0.25) is 4.84 Å². The number of rotatable bonds is 3. The third kappa shape index (κ3) is 2.32. The number of nitrogens with zero attached hydrogens (tertiary/aromatic N) is 3. The zero-order valence-electron chi connectivity index (χ0n) is 8.05. The molecule has 15 heavy (non-hydrogen) atoms. The third-order valence-corrected chi connectivity index (χ3v) is 2.20. The number of hydroxylamine groups is 2. The quantitative estimate of drug-likeness (QED) is 0.686. The molecule has 2 unspecified atom stereocenters. The van der Waals surface area contributed by atoms with Crippen molar-refractivity contribution in [2.75, 3.05) is 6.54 Å². The lowest BCUT2D eigenvalue weighted by atomic mass is 10.2. The highest BCUT2D eigenvalue weighted by molar-refractivity contribution is 5.31. The van der Waals surface area contributed by atoms with E-state index in [0.29, 0.717) is 18.7 Å². The SMILES string of the molecule is N#Cc1ccc(CON2CC2C#N)cc1. The second-order valence-electron chi connectivity index (χ2n) is 3.33. The Bertz CT molecular complexity index is 427. The van der Waals surface area contributed by atoms with Gasteiger partial charge in [0.2, 0.25) is 0 Å². The van der Waals surface area contributed by atoms with E-state index in [9.17, 15) is 0 Å². The van der Waals surface area contributed by atoms with Gasteiger partial charge < -0.3 is 0 Å². The van der Waals surface area contributed by atoms with Gasteiger partial charge >= 0.3 is 0 Å². The van der Waals surface area contributed by atoms with Gasteiger partial charge in [-0.2, -0.15) is 15.6 Å². The minimum atomic E-state index is -0.0802. The van der Waals surface area contributed by atoms with Crippen molar-refractivity contribution in [3.05, 3.63) is 35.4 Å². The van der Waals surface area contributed by atoms with Crippen LogP contribution in [-0.2, 0) is 11.4 Å². The smallest absolute Gasteiger partial charge is 0.137 e. The molecule has 1 heterocycles. The Balaban J connectivity index is 1.85. The average molecular weight is 199 g/mol. The number of benzene rings is 1. The molecule has 0 amide bonds. The van der Waals surface area contributed by atoms with Crippen molar-refractivity contribution in [2.24, 2.45) is 0 Å². The van der Waals surface area contributed by atoms with Crippen molar-refractivity contribution in [1.82, 2.24) is 5.06 Å². The number of hydrogen-bond acceptors (Lipinski definition) is 4. The van der Waals surface area contributed by atoms with Gasteiger partial charge in [0.1, 0.15) is 6.04 Å². The Morgan fingerprint density at radius 3 is 2.60 bits per heavy atom. The van der Waals surface area contributed by atoms with Crippen molar-refractivity contribution in [1.29, 1.82) is 10.5 Å². The minimum absolute atomic E-state index is 0.0802. The van der Waals surface area contributed by atoms with Crippen molar-refractivity contribution in [2.45, 2.75) is 12.6 Å². The molecule has 0 spiro atoms. The summed E-state index contributed by atoms with van der Waals surface area (Å²) in [7, 11) is 0. The molecule has 2 rings (SSSR count). The summed E-state index contributed by atoms with van der Waals surface area (Å²) < 4.78 is 0. The van der Waals surface area contributed by atoms with Crippen LogP contribution < -0.4 is 0 Å². The first-order chi connectivity index (χ1) is 7.33. The molecule has 0 N–H and O–H groups in total. The van der Waals surface area contributed by atoms with Gasteiger partial charge in [-0.1, -0.05) is 12.1 Å². The van der Waals surface area contributed by atoms with Gasteiger partial charge in [-0.05, 0) is 17.7 Å². The Hall–Kier alpha value is -1.88. The minimum Gasteiger partial charge on any atom is -0.293 e. The van der Waals surface area contributed by atoms with Crippen LogP contribution in [0.4, 0.5) is 0 Å². The van der Waals surface area contributed by atoms with E-state index >= 15 is 0 Å². The summed E-state index contributed by atoms with van der Waals surface area (Å²) in [6.45, 7) is 1.14. The molecular weight excluding hydrogens is 190 g/mol. The van der Waals surface area contributed by atoms with Crippen molar-refractivity contribution >= 4 is 0 Å². The van der Waals surface area contributed by atoms with Crippen LogP contribution in [0.5, 0.6) is 0 Å². The maximum absolute atomic E-state index is 8.60. The van der Waals surface area contributed by atoms with E-state index in [4.69, 9.17) is 15.4 Å². The van der Waals surface area contributed by atoms with E-state index in [1.165, 1.54) is 0 Å². The Kier molecular flexibility index (Phi) is 2.64. The first kappa shape index (κ1) is 9.67. The van der Waals surface area contributed by atoms with Gasteiger partial charge in [0.15, 0.2) is 0 Å². The predicted octanol–water partition coefficient (Wildman–Crippen LogP) is 1.20. The molecule has 4 nitrogen and oxygen atoms in total. The molecule has 1 aromatic carbocycles. The molecule has 74 valence electrons. The van der Waals surface area contributed by atoms with Crippen LogP contribution in [0.15, 0.2) is 24.3 Å². The van der Waals surface area contributed by atoms with Crippen molar-refractivity contribution in [3.63, 3.8) is 0 Å². The Morgan fingerprint density at radius 2 is 2.07 bits per heavy atom. The van der Waals surface area contributed by atoms with Crippen LogP contribution in [0.3, 0.4) is 0 Å². The van der Waals surface area contributed by atoms with Gasteiger partial charge in [-0.25, -0.2) is 0 Å². The molecular formula is C11H9N3O. The molecule has 0 radical (unpaired) electrons. The monoisotopic (exact) mass is 199 g/mol. The standard InChI is InChI=1S/C11H9N3O/c12-5-9-1-3-10(4-2-9)8-15-14-7-11(14)6-13/h1-4,11H,7-8H2. The first-order valence-corrected chi connectivity index (χ1v) is 4.61. The summed E-state index contributed by atoms with van der Waals surface area (Å²) in [5.74, 6) is 0. The lowest BCUT2D eigenvalue weighted by Gasteiger charge is -2.03. The lowest BCUT2D eigenvalue weighted by molar-refractivity contribution is -0.0826. The summed E-state index contributed by atoms with van der Waals surface area (Å²) in [6.07, 6.45) is 0. The van der Waals surface area contributed by atoms with Crippen molar-refractivity contribution < 1.29 is 4.84 Å². The molecule has 4 heteroatoms. The number of nitriles is 2. The van der Waals surface area contributed by atoms with E-state index < -0.39 is 0 Å². The van der Waals surface area contributed by atoms with Crippen LogP contribution in [0.1, 0.15) is 11.1 Å². The normalized spacial score (nSPS) is 22.8. The second kappa shape index (κ2) is 4.10. The number of hydrogen-bond donors (Lipinski definition) is 0. The van der Waals surface area contributed by atoms with E-state index in [-0.39, 0.29) is 6.04 Å². The molecule has 0 aromatic heterocycles. The predicted molar refractivity (Wildman–Crippen MR) is 52.1 cm³/mol. The topological polar surface area (TPSA) is 59.8 Å². The molecule has 1 aliphatic rings. The summed E-state index contributed by atoms with van der Waals surface area (Å²) >= 11 is 0. The third-order valence-electron chi connectivity index (χ3n) is 2.20. The van der Waals surface area contributed by atoms with Crippen LogP contribution in [0.25, 0.3) is 0 Å². The van der Waals surface area contributed by atoms with E-state index in [1.807, 2.05) is 12.1 Å². The molecule has 1 aliphatic heterocycles. The zero-order chi connectivity index (χ0) is 10.7. The van der Waals surface area contributed by atoms with Crippen LogP contribution in [-0.4, -0.2) is 17.6 Å². The Morgan fingerprint density at radius 1 is 1.33 bits per heavy atom. The van der Waals surface area contributed by atoms with Crippen LogP contribution >= 0.6 is 0 Å². The molecule has 1 aromatic rings. The van der Waals surface area contributed by atoms with Gasteiger partial charge in [0.05, 0.1) is 30.9 Å². The summed E-state index contributed by atoms with van der Waals surface area (Å²) in [4.78, 5) is 5.34. The lowest BCUT2D eigenvalue weighted by Crippen LogP contribution is -2.02. The van der Waals surface area contributed by atoms with E-state index in [0.717, 1.165) is 5.56 Å². The highest BCUT2D eigenvalue weighted by Crippen LogP contribution is 2.18. The molecule has 1 saturated heterocycles. The summed E-state index contributed by atoms with van der Waals surface area (Å²) in [5, 5.41) is 18.8. The maximum atomic E-state index is 8.60. The Labute approximate surface area is 87.9 Å². The first-order valence-electron chi connectivity index (χ1n) is 4.61. The van der Waals surface area contributed by atoms with Gasteiger partial charge in [-0.15, -0.1) is 0 Å². The molecule has 1 fully saturated rings. The second-order valence-corrected chi connectivity index (χ2v) is 3.33. The van der Waals surface area contributed by atoms with Crippen LogP contribution in [0.2, 0.25) is 0 Å². The van der Waals surface area contributed by atoms with E-state index in [1.54, 1.807) is 17.2 Å². The molecule has 0 aliphatic carbocycles. The summed E-state index contributed by atoms with van der Waals surface area (Å²) in [5.41, 5.74) is 1.64. The van der Waals surface area contributed by atoms with Crippen LogP contribution in [0, 0.1) is 22.7 Å². The fourth-order valence-corrected chi connectivity index (χ4v) is 1.20. The molecule has 2 atom stereocenters. The molecule has 0 bridgehead atoms. The fraction of sp³-hybridized carbons (Fsp3) is 0.273. The van der Waals surface area contributed by atoms with Crippen molar-refractivity contribution in [3.8, 4) is 12.1 Å². The van der Waals surface area contributed by atoms with Gasteiger partial charge in [0.25, 0.3) is 0 Å². The summed E-state index contributed by atoms with van der Waals surface area (Å²) in [6, 6.07) is 11.3. The zero-order valence-corrected chi connectivity index (χ0v) is 8.05. The van der Waals surface area contributed by atoms with E-state index in [2.05, 4.69) is 12.1 Å². The molecule has 0 saturated carbocycles.